The van der Waals surface area contributed by atoms with Gasteiger partial charge in [0.25, 0.3) is 12.7 Å². The number of rotatable bonds is 18. The zero-order valence-corrected chi connectivity index (χ0v) is 92.0. The Bertz CT molecular complexity index is 6540. The van der Waals surface area contributed by atoms with Crippen LogP contribution >= 0.6 is 0 Å². The van der Waals surface area contributed by atoms with E-state index in [4.69, 9.17) is 15.0 Å². The second kappa shape index (κ2) is 46.7. The maximum Gasteiger partial charge on any atom is 0.271 e. The second-order valence-corrected chi connectivity index (χ2v) is 39.7. The molecular formula is C121H130Au3N17-3. The molecule has 0 saturated carbocycles. The van der Waals surface area contributed by atoms with Gasteiger partial charge < -0.3 is 19.5 Å². The summed E-state index contributed by atoms with van der Waals surface area (Å²) in [5, 5.41) is 6.97. The molecule has 0 bridgehead atoms. The van der Waals surface area contributed by atoms with Crippen LogP contribution in [0.2, 0.25) is 0 Å². The smallest absolute Gasteiger partial charge is 0.271 e. The van der Waals surface area contributed by atoms with Gasteiger partial charge >= 0.3 is 0 Å². The number of nitrogens with zero attached hydrogens (tertiary/aromatic N) is 17. The number of aromatic nitrogens is 17. The summed E-state index contributed by atoms with van der Waals surface area (Å²) in [6, 6.07) is 72.3. The van der Waals surface area contributed by atoms with Crippen LogP contribution in [0, 0.1) is 19.0 Å². The van der Waals surface area contributed by atoms with Crippen molar-refractivity contribution in [3.8, 4) is 34.1 Å². The monoisotopic (exact) mass is 2410 g/mol. The quantitative estimate of drug-likeness (QED) is 0.0455. The third-order valence-corrected chi connectivity index (χ3v) is 26.2. The molecule has 0 amide bonds. The molecule has 0 N–H and O–H groups in total. The Hall–Kier alpha value is -12.2. The number of hydrogen-bond donors (Lipinski definition) is 0. The fourth-order valence-electron chi connectivity index (χ4n) is 19.1. The first-order chi connectivity index (χ1) is 66.5. The molecule has 0 spiro atoms. The van der Waals surface area contributed by atoms with Gasteiger partial charge in [0, 0.05) is 134 Å². The fourth-order valence-corrected chi connectivity index (χ4v) is 19.1. The minimum atomic E-state index is 0. The van der Waals surface area contributed by atoms with Crippen molar-refractivity contribution in [1.82, 2.24) is 68.5 Å². The largest absolute Gasteiger partial charge is 0.657 e. The molecule has 3 radical (unpaired) electrons. The van der Waals surface area contributed by atoms with Gasteiger partial charge in [-0.05, 0) is 176 Å². The average Bonchev–Trinajstić information content (AvgIpc) is 1.60. The molecule has 12 heterocycles. The molecule has 0 atom stereocenters. The first-order valence-corrected chi connectivity index (χ1v) is 49.2. The first kappa shape index (κ1) is 106. The van der Waals surface area contributed by atoms with Gasteiger partial charge in [0.15, 0.2) is 17.6 Å². The summed E-state index contributed by atoms with van der Waals surface area (Å²) in [7, 11) is 0. The van der Waals surface area contributed by atoms with Crippen molar-refractivity contribution >= 4 is 98.9 Å². The topological polar surface area (TPSA) is 172 Å². The molecule has 21 aromatic rings. The van der Waals surface area contributed by atoms with Crippen LogP contribution in [0.4, 0.5) is 0 Å². The molecule has 9 aromatic carbocycles. The molecule has 0 aliphatic rings. The molecule has 735 valence electrons. The Morgan fingerprint density at radius 1 is 0.227 bits per heavy atom. The Balaban J connectivity index is 0.000000148. The molecule has 21 rings (SSSR count). The Kier molecular flexibility index (Phi) is 35.1. The average molecular weight is 2410 g/mol. The third-order valence-electron chi connectivity index (χ3n) is 26.2. The number of imidazole rings is 3. The summed E-state index contributed by atoms with van der Waals surface area (Å²) < 4.78 is 13.2. The van der Waals surface area contributed by atoms with Gasteiger partial charge in [-0.1, -0.05) is 366 Å². The maximum absolute atomic E-state index is 4.80. The van der Waals surface area contributed by atoms with Crippen molar-refractivity contribution < 1.29 is 80.8 Å². The molecule has 0 fully saturated rings. The molecule has 0 saturated heterocycles. The van der Waals surface area contributed by atoms with Crippen molar-refractivity contribution in [2.75, 3.05) is 0 Å². The molecule has 12 aromatic heterocycles. The van der Waals surface area contributed by atoms with E-state index in [-0.39, 0.29) is 67.1 Å². The molecular weight excluding hydrogens is 2280 g/mol. The zero-order valence-electron chi connectivity index (χ0n) is 85.5. The van der Waals surface area contributed by atoms with Gasteiger partial charge in [0.05, 0.1) is 40.0 Å². The molecule has 20 heteroatoms. The molecule has 0 unspecified atom stereocenters. The first-order valence-electron chi connectivity index (χ1n) is 49.2. The minimum absolute atomic E-state index is 0. The summed E-state index contributed by atoms with van der Waals surface area (Å²) in [5.74, 6) is 4.69. The van der Waals surface area contributed by atoms with Crippen LogP contribution < -0.4 is 28.7 Å². The van der Waals surface area contributed by atoms with Crippen LogP contribution in [0.3, 0.4) is 0 Å². The number of hydrogen-bond acceptors (Lipinski definition) is 8. The molecule has 141 heavy (non-hydrogen) atoms. The van der Waals surface area contributed by atoms with Crippen LogP contribution in [0.1, 0.15) is 304 Å². The van der Waals surface area contributed by atoms with Gasteiger partial charge in [-0.25, -0.2) is 9.97 Å². The number of para-hydroxylation sites is 9. The van der Waals surface area contributed by atoms with E-state index >= 15 is 0 Å². The van der Waals surface area contributed by atoms with Crippen LogP contribution in [0.25, 0.3) is 133 Å². The van der Waals surface area contributed by atoms with Crippen LogP contribution in [-0.4, -0.2) is 53.6 Å². The van der Waals surface area contributed by atoms with Gasteiger partial charge in [-0.3, -0.25) is 47.8 Å². The van der Waals surface area contributed by atoms with Gasteiger partial charge in [-0.2, -0.15) is 4.98 Å². The van der Waals surface area contributed by atoms with E-state index in [1.165, 1.54) is 117 Å². The normalized spacial score (nSPS) is 11.6. The fraction of sp³-hybridized carbons (Fsp3) is 0.298. The van der Waals surface area contributed by atoms with Crippen molar-refractivity contribution in [2.24, 2.45) is 0 Å². The van der Waals surface area contributed by atoms with Crippen molar-refractivity contribution in [1.29, 1.82) is 0 Å². The van der Waals surface area contributed by atoms with E-state index in [2.05, 4.69) is 386 Å². The van der Waals surface area contributed by atoms with Gasteiger partial charge in [0.1, 0.15) is 18.0 Å². The Morgan fingerprint density at radius 3 is 0.837 bits per heavy atom. The SMILES string of the molecule is CC(C)c1cccc(C(C)C)c1-n1[c-][n+](-c2c(C(C)C)cccc2C(C)C)c2cnccc21.CC(C)c1cccc(C(C)C)c1-n1[c-][n+](-c2c(C(C)C)cccc2C(C)C)c2cncnc21.CC(C)c1cccc(C(C)C)c1-n1[c-][n+](-c2c(C(C)C)cccc2C(C)C)c2nccnc21.[Au].[Au].[Au].c1ccc2c(c1)[n-]c1ccncc12.c1ccc2c(c1)[n-]c1ccncc12.c1ccc2c(c1)[n-]c1ccncc12. The van der Waals surface area contributed by atoms with Crippen LogP contribution in [0.5, 0.6) is 0 Å². The molecule has 0 aliphatic carbocycles. The molecule has 17 nitrogen and oxygen atoms in total. The van der Waals surface area contributed by atoms with Gasteiger partial charge in [-0.15, -0.1) is 33.1 Å². The van der Waals surface area contributed by atoms with E-state index in [0.29, 0.717) is 71.0 Å². The Labute approximate surface area is 878 Å². The summed E-state index contributed by atoms with van der Waals surface area (Å²) >= 11 is 0. The number of benzene rings is 9. The van der Waals surface area contributed by atoms with E-state index in [1.54, 1.807) is 37.3 Å². The van der Waals surface area contributed by atoms with Crippen molar-refractivity contribution in [3.05, 3.63) is 366 Å². The predicted octanol–water partition coefficient (Wildman–Crippen LogP) is 28.6. The van der Waals surface area contributed by atoms with E-state index in [0.717, 1.165) is 82.8 Å². The van der Waals surface area contributed by atoms with Gasteiger partial charge in [0.2, 0.25) is 5.65 Å². The molecule has 0 aliphatic heterocycles. The van der Waals surface area contributed by atoms with Crippen molar-refractivity contribution in [3.63, 3.8) is 0 Å². The van der Waals surface area contributed by atoms with E-state index < -0.39 is 0 Å². The Morgan fingerprint density at radius 2 is 0.489 bits per heavy atom. The zero-order chi connectivity index (χ0) is 97.6. The number of fused-ring (bicyclic) bond motifs is 12. The standard InChI is InChI=1S/C30H37N3.2C29H36N4.3C11H7N2.3Au/c1-19(2)23-11-9-12-24(20(3)4)29(23)32-18-33(28-17-31-16-15-27(28)32)30-25(21(5)6)13-10-14-26(30)22(7)8;1-18(2)22-11-9-12-23(19(3)4)27(22)32-17-33(29-26(32)15-30-16-31-29)28-24(20(5)6)13-10-14-25(28)21(7)8;1-18(2)22-11-9-12-23(19(3)4)26(22)32-17-33(29-28(32)30-15-16-31-29)27-24(20(5)6)13-10-14-25(27)21(7)8;3*1-2-4-10-8(3-1)9-7-12-6-5-11(9)13-10;;;/h9-17,19-22H,1-8H3;2*9-16,18-21H,1-8H3;3*1-7H;;;/q;;;3*-1;;;. The van der Waals surface area contributed by atoms with Crippen molar-refractivity contribution in [2.45, 2.75) is 237 Å². The van der Waals surface area contributed by atoms with E-state index in [1.807, 2.05) is 110 Å². The summed E-state index contributed by atoms with van der Waals surface area (Å²) in [5.41, 5.74) is 35.0. The summed E-state index contributed by atoms with van der Waals surface area (Å²) in [6.07, 6.45) is 33.1. The van der Waals surface area contributed by atoms with E-state index in [9.17, 15) is 0 Å². The summed E-state index contributed by atoms with van der Waals surface area (Å²) in [4.78, 5) is 49.0. The van der Waals surface area contributed by atoms with Crippen LogP contribution in [-0.2, 0) is 67.1 Å². The van der Waals surface area contributed by atoms with Crippen LogP contribution in [0.15, 0.2) is 281 Å². The minimum Gasteiger partial charge on any atom is -0.657 e. The number of pyridine rings is 4. The second-order valence-electron chi connectivity index (χ2n) is 39.7. The maximum atomic E-state index is 4.80. The predicted molar refractivity (Wildman–Crippen MR) is 567 cm³/mol. The third kappa shape index (κ3) is 22.0. The summed E-state index contributed by atoms with van der Waals surface area (Å²) in [6.45, 7) is 54.2.